The second-order valence-corrected chi connectivity index (χ2v) is 7.14. The summed E-state index contributed by atoms with van der Waals surface area (Å²) in [5, 5.41) is 2.03. The Balaban J connectivity index is 1.84. The summed E-state index contributed by atoms with van der Waals surface area (Å²) in [7, 11) is 0. The van der Waals surface area contributed by atoms with E-state index in [2.05, 4.69) is 4.98 Å². The van der Waals surface area contributed by atoms with Gasteiger partial charge in [0, 0.05) is 10.8 Å². The summed E-state index contributed by atoms with van der Waals surface area (Å²) < 4.78 is 0. The maximum absolute atomic E-state index is 6.23. The minimum Gasteiger partial charge on any atom is -0.253 e. The summed E-state index contributed by atoms with van der Waals surface area (Å²) in [5.74, 6) is 0.588. The second kappa shape index (κ2) is 6.55. The molecule has 0 saturated heterocycles. The van der Waals surface area contributed by atoms with Crippen molar-refractivity contribution in [2.75, 3.05) is 0 Å². The molecule has 21 heavy (non-hydrogen) atoms. The van der Waals surface area contributed by atoms with E-state index in [0.29, 0.717) is 16.0 Å². The first-order chi connectivity index (χ1) is 10.1. The molecule has 1 aliphatic rings. The van der Waals surface area contributed by atoms with Gasteiger partial charge in [0.05, 0.1) is 27.6 Å². The zero-order chi connectivity index (χ0) is 14.8. The average molecular weight is 339 g/mol. The lowest BCUT2D eigenvalue weighted by Crippen LogP contribution is -2.01. The zero-order valence-corrected chi connectivity index (χ0v) is 14.1. The molecule has 0 bridgehead atoms. The number of hydrogen-bond acceptors (Lipinski definition) is 3. The number of rotatable bonds is 3. The van der Waals surface area contributed by atoms with E-state index in [1.54, 1.807) is 6.07 Å². The molecule has 0 atom stereocenters. The van der Waals surface area contributed by atoms with Crippen LogP contribution in [0.3, 0.4) is 0 Å². The van der Waals surface area contributed by atoms with Crippen LogP contribution >= 0.6 is 35.0 Å². The summed E-state index contributed by atoms with van der Waals surface area (Å²) in [6.07, 6.45) is 7.01. The van der Waals surface area contributed by atoms with E-state index in [4.69, 9.17) is 28.2 Å². The van der Waals surface area contributed by atoms with E-state index in [1.165, 1.54) is 37.4 Å². The standard InChI is InChI=1S/C16H16Cl2N2S/c1-10-16(21-14-8-4-7-12(17)15(14)18)19-9-13(20-10)11-5-2-3-6-11/h4,7-9,11H,2-3,5-6H2,1H3. The highest BCUT2D eigenvalue weighted by Crippen LogP contribution is 2.38. The van der Waals surface area contributed by atoms with Crippen LogP contribution in [0.25, 0.3) is 0 Å². The lowest BCUT2D eigenvalue weighted by molar-refractivity contribution is 0.681. The van der Waals surface area contributed by atoms with E-state index >= 15 is 0 Å². The van der Waals surface area contributed by atoms with Gasteiger partial charge in [-0.2, -0.15) is 0 Å². The normalized spacial score (nSPS) is 15.6. The highest BCUT2D eigenvalue weighted by molar-refractivity contribution is 7.99. The molecule has 0 unspecified atom stereocenters. The maximum Gasteiger partial charge on any atom is 0.122 e. The van der Waals surface area contributed by atoms with Gasteiger partial charge in [0.25, 0.3) is 0 Å². The average Bonchev–Trinajstić information content (AvgIpc) is 3.00. The summed E-state index contributed by atoms with van der Waals surface area (Å²) in [6.45, 7) is 2.01. The smallest absolute Gasteiger partial charge is 0.122 e. The Labute approximate surface area is 139 Å². The fourth-order valence-corrected chi connectivity index (χ4v) is 4.00. The SMILES string of the molecule is Cc1nc(C2CCCC2)cnc1Sc1cccc(Cl)c1Cl. The number of aromatic nitrogens is 2. The molecule has 1 aliphatic carbocycles. The van der Waals surface area contributed by atoms with E-state index < -0.39 is 0 Å². The highest BCUT2D eigenvalue weighted by atomic mass is 35.5. The van der Waals surface area contributed by atoms with Crippen LogP contribution in [0.15, 0.2) is 34.3 Å². The Morgan fingerprint density at radius 1 is 1.19 bits per heavy atom. The van der Waals surface area contributed by atoms with E-state index in [-0.39, 0.29) is 0 Å². The van der Waals surface area contributed by atoms with Crippen molar-refractivity contribution in [1.29, 1.82) is 0 Å². The first-order valence-electron chi connectivity index (χ1n) is 7.10. The lowest BCUT2D eigenvalue weighted by atomic mass is 10.1. The van der Waals surface area contributed by atoms with E-state index in [1.807, 2.05) is 25.3 Å². The van der Waals surface area contributed by atoms with Crippen molar-refractivity contribution in [1.82, 2.24) is 9.97 Å². The van der Waals surface area contributed by atoms with Gasteiger partial charge in [0.1, 0.15) is 5.03 Å². The molecule has 3 rings (SSSR count). The Morgan fingerprint density at radius 3 is 2.67 bits per heavy atom. The third-order valence-electron chi connectivity index (χ3n) is 3.82. The summed E-state index contributed by atoms with van der Waals surface area (Å²) in [5.41, 5.74) is 2.09. The predicted octanol–water partition coefficient (Wildman–Crippen LogP) is 5.90. The van der Waals surface area contributed by atoms with Crippen LogP contribution in [0.2, 0.25) is 10.0 Å². The van der Waals surface area contributed by atoms with E-state index in [9.17, 15) is 0 Å². The molecular weight excluding hydrogens is 323 g/mol. The minimum absolute atomic E-state index is 0.565. The minimum atomic E-state index is 0.565. The molecule has 1 aromatic heterocycles. The van der Waals surface area contributed by atoms with Gasteiger partial charge in [-0.3, -0.25) is 4.98 Å². The van der Waals surface area contributed by atoms with Gasteiger partial charge in [-0.25, -0.2) is 4.98 Å². The lowest BCUT2D eigenvalue weighted by Gasteiger charge is -2.11. The fourth-order valence-electron chi connectivity index (χ4n) is 2.67. The third-order valence-corrected chi connectivity index (χ3v) is 5.90. The molecule has 2 nitrogen and oxygen atoms in total. The van der Waals surface area contributed by atoms with Crippen molar-refractivity contribution in [3.05, 3.63) is 45.8 Å². The summed E-state index contributed by atoms with van der Waals surface area (Å²) >= 11 is 13.8. The quantitative estimate of drug-likeness (QED) is 0.696. The Bertz CT molecular complexity index is 655. The summed E-state index contributed by atoms with van der Waals surface area (Å²) in [4.78, 5) is 10.2. The van der Waals surface area contributed by atoms with Gasteiger partial charge in [0.2, 0.25) is 0 Å². The van der Waals surface area contributed by atoms with Crippen LogP contribution in [0.1, 0.15) is 43.0 Å². The molecule has 0 amide bonds. The number of hydrogen-bond donors (Lipinski definition) is 0. The molecule has 110 valence electrons. The number of halogens is 2. The van der Waals surface area contributed by atoms with Crippen LogP contribution in [0, 0.1) is 6.92 Å². The monoisotopic (exact) mass is 338 g/mol. The van der Waals surface area contributed by atoms with Crippen molar-refractivity contribution in [2.24, 2.45) is 0 Å². The van der Waals surface area contributed by atoms with Crippen LogP contribution in [0.5, 0.6) is 0 Å². The highest BCUT2D eigenvalue weighted by Gasteiger charge is 2.19. The second-order valence-electron chi connectivity index (χ2n) is 5.32. The Hall–Kier alpha value is -0.770. The first kappa shape index (κ1) is 15.1. The van der Waals surface area contributed by atoms with Crippen molar-refractivity contribution >= 4 is 35.0 Å². The van der Waals surface area contributed by atoms with Gasteiger partial charge >= 0.3 is 0 Å². The van der Waals surface area contributed by atoms with Gasteiger partial charge in [-0.05, 0) is 31.9 Å². The Kier molecular flexibility index (Phi) is 4.72. The molecule has 1 saturated carbocycles. The van der Waals surface area contributed by atoms with Gasteiger partial charge in [-0.15, -0.1) is 0 Å². The largest absolute Gasteiger partial charge is 0.253 e. The molecule has 0 aliphatic heterocycles. The molecule has 1 fully saturated rings. The molecule has 0 radical (unpaired) electrons. The molecule has 0 N–H and O–H groups in total. The van der Waals surface area contributed by atoms with E-state index in [0.717, 1.165) is 21.3 Å². The van der Waals surface area contributed by atoms with Gasteiger partial charge < -0.3 is 0 Å². The summed E-state index contributed by atoms with van der Waals surface area (Å²) in [6, 6.07) is 5.63. The van der Waals surface area contributed by atoms with Crippen LogP contribution in [0.4, 0.5) is 0 Å². The number of aryl methyl sites for hydroxylation is 1. The molecule has 2 aromatic rings. The molecular formula is C16H16Cl2N2S. The molecule has 5 heteroatoms. The number of nitrogens with zero attached hydrogens (tertiary/aromatic N) is 2. The van der Waals surface area contributed by atoms with Gasteiger partial charge in [0.15, 0.2) is 0 Å². The molecule has 0 spiro atoms. The topological polar surface area (TPSA) is 25.8 Å². The van der Waals surface area contributed by atoms with Crippen LogP contribution in [-0.4, -0.2) is 9.97 Å². The van der Waals surface area contributed by atoms with Crippen LogP contribution in [-0.2, 0) is 0 Å². The fraction of sp³-hybridized carbons (Fsp3) is 0.375. The molecule has 1 aromatic carbocycles. The van der Waals surface area contributed by atoms with Crippen LogP contribution < -0.4 is 0 Å². The number of benzene rings is 1. The first-order valence-corrected chi connectivity index (χ1v) is 8.68. The molecule has 1 heterocycles. The third kappa shape index (κ3) is 3.36. The predicted molar refractivity (Wildman–Crippen MR) is 88.6 cm³/mol. The Morgan fingerprint density at radius 2 is 1.95 bits per heavy atom. The van der Waals surface area contributed by atoms with Crippen molar-refractivity contribution in [2.45, 2.75) is 48.4 Å². The van der Waals surface area contributed by atoms with Gasteiger partial charge in [-0.1, -0.05) is 53.9 Å². The van der Waals surface area contributed by atoms with Crippen molar-refractivity contribution < 1.29 is 0 Å². The van der Waals surface area contributed by atoms with Crippen molar-refractivity contribution in [3.8, 4) is 0 Å². The van der Waals surface area contributed by atoms with Crippen molar-refractivity contribution in [3.63, 3.8) is 0 Å². The zero-order valence-electron chi connectivity index (χ0n) is 11.8. The maximum atomic E-state index is 6.23.